The number of benzene rings is 1. The molecular formula is C19H31ClN4O2. The Morgan fingerprint density at radius 1 is 1.31 bits per heavy atom. The lowest BCUT2D eigenvalue weighted by Crippen LogP contribution is -2.56. The predicted molar refractivity (Wildman–Crippen MR) is 108 cm³/mol. The van der Waals surface area contributed by atoms with Crippen molar-refractivity contribution < 1.29 is 9.47 Å². The van der Waals surface area contributed by atoms with Crippen molar-refractivity contribution in [2.24, 2.45) is 4.99 Å². The van der Waals surface area contributed by atoms with Gasteiger partial charge in [-0.05, 0) is 38.0 Å². The Hall–Kier alpha value is -1.50. The molecule has 0 saturated carbocycles. The first-order valence-electron chi connectivity index (χ1n) is 9.06. The molecule has 7 heteroatoms. The van der Waals surface area contributed by atoms with Crippen molar-refractivity contribution in [3.05, 3.63) is 28.8 Å². The summed E-state index contributed by atoms with van der Waals surface area (Å²) >= 11 is 6.29. The monoisotopic (exact) mass is 382 g/mol. The van der Waals surface area contributed by atoms with E-state index in [1.807, 2.05) is 18.2 Å². The second-order valence-electron chi connectivity index (χ2n) is 6.97. The van der Waals surface area contributed by atoms with Crippen LogP contribution in [-0.4, -0.2) is 69.9 Å². The molecule has 1 saturated heterocycles. The number of morpholine rings is 1. The van der Waals surface area contributed by atoms with E-state index in [2.05, 4.69) is 34.4 Å². The van der Waals surface area contributed by atoms with Crippen LogP contribution < -0.4 is 15.4 Å². The second kappa shape index (κ2) is 10.00. The van der Waals surface area contributed by atoms with Crippen LogP contribution in [0.15, 0.2) is 23.2 Å². The number of nitrogens with zero attached hydrogens (tertiary/aromatic N) is 2. The molecule has 0 bridgehead atoms. The molecule has 0 amide bonds. The highest BCUT2D eigenvalue weighted by atomic mass is 35.5. The minimum Gasteiger partial charge on any atom is -0.497 e. The van der Waals surface area contributed by atoms with Crippen molar-refractivity contribution in [2.45, 2.75) is 25.8 Å². The molecule has 0 atom stereocenters. The number of ether oxygens (including phenoxy) is 2. The van der Waals surface area contributed by atoms with Crippen LogP contribution in [0.2, 0.25) is 5.02 Å². The molecule has 0 radical (unpaired) electrons. The summed E-state index contributed by atoms with van der Waals surface area (Å²) in [6, 6.07) is 5.77. The normalized spacial score (nSPS) is 16.4. The van der Waals surface area contributed by atoms with Gasteiger partial charge in [-0.2, -0.15) is 0 Å². The Kier molecular flexibility index (Phi) is 8.00. The van der Waals surface area contributed by atoms with Gasteiger partial charge in [0.05, 0.1) is 20.3 Å². The smallest absolute Gasteiger partial charge is 0.191 e. The Bertz CT molecular complexity index is 601. The highest BCUT2D eigenvalue weighted by Crippen LogP contribution is 2.22. The molecule has 146 valence electrons. The Labute approximate surface area is 161 Å². The summed E-state index contributed by atoms with van der Waals surface area (Å²) < 4.78 is 10.6. The van der Waals surface area contributed by atoms with Crippen molar-refractivity contribution in [2.75, 3.05) is 53.6 Å². The van der Waals surface area contributed by atoms with Gasteiger partial charge in [0.15, 0.2) is 5.96 Å². The number of rotatable bonds is 7. The molecule has 1 aliphatic rings. The summed E-state index contributed by atoms with van der Waals surface area (Å²) in [5.74, 6) is 1.57. The standard InChI is InChI=1S/C19H31ClN4O2/c1-19(2,24-9-11-26-12-10-24)14-23-18(21-3)22-8-7-15-5-6-16(25-4)13-17(15)20/h5-6,13H,7-12,14H2,1-4H3,(H2,21,22,23). The van der Waals surface area contributed by atoms with E-state index in [-0.39, 0.29) is 5.54 Å². The molecule has 2 N–H and O–H groups in total. The Morgan fingerprint density at radius 2 is 2.04 bits per heavy atom. The van der Waals surface area contributed by atoms with E-state index in [1.165, 1.54) is 0 Å². The zero-order chi connectivity index (χ0) is 19.0. The molecule has 0 unspecified atom stereocenters. The van der Waals surface area contributed by atoms with E-state index < -0.39 is 0 Å². The summed E-state index contributed by atoms with van der Waals surface area (Å²) in [6.45, 7) is 9.61. The van der Waals surface area contributed by atoms with Crippen molar-refractivity contribution in [1.82, 2.24) is 15.5 Å². The van der Waals surface area contributed by atoms with Gasteiger partial charge < -0.3 is 20.1 Å². The number of halogens is 1. The summed E-state index contributed by atoms with van der Waals surface area (Å²) in [6.07, 6.45) is 0.816. The van der Waals surface area contributed by atoms with Crippen molar-refractivity contribution in [3.63, 3.8) is 0 Å². The third-order valence-electron chi connectivity index (χ3n) is 4.73. The molecule has 0 aromatic heterocycles. The van der Waals surface area contributed by atoms with Gasteiger partial charge in [-0.3, -0.25) is 9.89 Å². The number of guanidine groups is 1. The lowest BCUT2D eigenvalue weighted by Gasteiger charge is -2.41. The summed E-state index contributed by atoms with van der Waals surface area (Å²) in [5, 5.41) is 7.51. The van der Waals surface area contributed by atoms with Gasteiger partial charge in [0, 0.05) is 43.8 Å². The predicted octanol–water partition coefficient (Wildman–Crippen LogP) is 2.17. The zero-order valence-corrected chi connectivity index (χ0v) is 17.0. The molecule has 0 spiro atoms. The second-order valence-corrected chi connectivity index (χ2v) is 7.38. The van der Waals surface area contributed by atoms with Crippen LogP contribution in [0.5, 0.6) is 5.75 Å². The number of hydrogen-bond donors (Lipinski definition) is 2. The Morgan fingerprint density at radius 3 is 2.65 bits per heavy atom. The fraction of sp³-hybridized carbons (Fsp3) is 0.632. The summed E-state index contributed by atoms with van der Waals surface area (Å²) in [5.41, 5.74) is 1.13. The lowest BCUT2D eigenvalue weighted by molar-refractivity contribution is -0.00833. The van der Waals surface area contributed by atoms with Crippen molar-refractivity contribution >= 4 is 17.6 Å². The maximum absolute atomic E-state index is 6.29. The first-order chi connectivity index (χ1) is 12.5. The van der Waals surface area contributed by atoms with E-state index >= 15 is 0 Å². The van der Waals surface area contributed by atoms with Crippen LogP contribution in [0, 0.1) is 0 Å². The molecule has 1 heterocycles. The van der Waals surface area contributed by atoms with Crippen molar-refractivity contribution in [1.29, 1.82) is 0 Å². The van der Waals surface area contributed by atoms with Gasteiger partial charge in [-0.25, -0.2) is 0 Å². The van der Waals surface area contributed by atoms with E-state index in [4.69, 9.17) is 21.1 Å². The number of aliphatic imine (C=N–C) groups is 1. The molecule has 1 aliphatic heterocycles. The SMILES string of the molecule is CN=C(NCCc1ccc(OC)cc1Cl)NCC(C)(C)N1CCOCC1. The van der Waals surface area contributed by atoms with Gasteiger partial charge in [0.1, 0.15) is 5.75 Å². The topological polar surface area (TPSA) is 58.1 Å². The number of nitrogens with one attached hydrogen (secondary N) is 2. The number of hydrogen-bond acceptors (Lipinski definition) is 4. The lowest BCUT2D eigenvalue weighted by atomic mass is 10.0. The molecule has 1 aromatic rings. The van der Waals surface area contributed by atoms with Crippen LogP contribution in [-0.2, 0) is 11.2 Å². The largest absolute Gasteiger partial charge is 0.497 e. The fourth-order valence-electron chi connectivity index (χ4n) is 2.97. The molecule has 1 fully saturated rings. The van der Waals surface area contributed by atoms with Gasteiger partial charge >= 0.3 is 0 Å². The zero-order valence-electron chi connectivity index (χ0n) is 16.3. The van der Waals surface area contributed by atoms with Crippen LogP contribution in [0.3, 0.4) is 0 Å². The highest BCUT2D eigenvalue weighted by molar-refractivity contribution is 6.31. The van der Waals surface area contributed by atoms with Gasteiger partial charge in [0.2, 0.25) is 0 Å². The van der Waals surface area contributed by atoms with Crippen LogP contribution in [0.25, 0.3) is 0 Å². The average Bonchev–Trinajstić information content (AvgIpc) is 2.66. The highest BCUT2D eigenvalue weighted by Gasteiger charge is 2.28. The number of methoxy groups -OCH3 is 1. The van der Waals surface area contributed by atoms with E-state index in [0.717, 1.165) is 68.1 Å². The van der Waals surface area contributed by atoms with E-state index in [9.17, 15) is 0 Å². The van der Waals surface area contributed by atoms with Crippen LogP contribution >= 0.6 is 11.6 Å². The minimum atomic E-state index is 0.0424. The maximum Gasteiger partial charge on any atom is 0.191 e. The molecule has 0 aliphatic carbocycles. The van der Waals surface area contributed by atoms with Gasteiger partial charge in [-0.1, -0.05) is 17.7 Å². The van der Waals surface area contributed by atoms with E-state index in [0.29, 0.717) is 0 Å². The third-order valence-corrected chi connectivity index (χ3v) is 5.08. The Balaban J connectivity index is 1.78. The first kappa shape index (κ1) is 20.8. The van der Waals surface area contributed by atoms with Gasteiger partial charge in [-0.15, -0.1) is 0 Å². The molecule has 1 aromatic carbocycles. The molecule has 26 heavy (non-hydrogen) atoms. The molecule has 6 nitrogen and oxygen atoms in total. The average molecular weight is 383 g/mol. The van der Waals surface area contributed by atoms with Crippen molar-refractivity contribution in [3.8, 4) is 5.75 Å². The molecule has 2 rings (SSSR count). The van der Waals surface area contributed by atoms with Crippen LogP contribution in [0.4, 0.5) is 0 Å². The quantitative estimate of drug-likeness (QED) is 0.559. The maximum atomic E-state index is 6.29. The molecular weight excluding hydrogens is 352 g/mol. The fourth-order valence-corrected chi connectivity index (χ4v) is 3.24. The van der Waals surface area contributed by atoms with Crippen LogP contribution in [0.1, 0.15) is 19.4 Å². The summed E-state index contributed by atoms with van der Waals surface area (Å²) in [4.78, 5) is 6.77. The third kappa shape index (κ3) is 6.04. The van der Waals surface area contributed by atoms with E-state index in [1.54, 1.807) is 14.2 Å². The first-order valence-corrected chi connectivity index (χ1v) is 9.44. The van der Waals surface area contributed by atoms with Gasteiger partial charge in [0.25, 0.3) is 0 Å². The minimum absolute atomic E-state index is 0.0424. The summed E-state index contributed by atoms with van der Waals surface area (Å²) in [7, 11) is 3.43.